The van der Waals surface area contributed by atoms with Crippen molar-refractivity contribution in [1.29, 1.82) is 0 Å². The number of hydrogen-bond donors (Lipinski definition) is 3. The topological polar surface area (TPSA) is 148 Å². The fourth-order valence-electron chi connectivity index (χ4n) is 10.4. The lowest BCUT2D eigenvalue weighted by Gasteiger charge is -2.38. The summed E-state index contributed by atoms with van der Waals surface area (Å²) in [5.74, 6) is 1.11. The van der Waals surface area contributed by atoms with Gasteiger partial charge < -0.3 is 30.7 Å². The third kappa shape index (κ3) is 13.9. The second-order valence-corrected chi connectivity index (χ2v) is 23.4. The Balaban J connectivity index is 0.000000199. The van der Waals surface area contributed by atoms with E-state index in [1.807, 2.05) is 12.1 Å². The van der Waals surface area contributed by atoms with Crippen molar-refractivity contribution in [2.24, 2.45) is 11.8 Å². The molecule has 2 amide bonds. The molecular formula is C53H72N6O6S2. The van der Waals surface area contributed by atoms with Crippen LogP contribution >= 0.6 is 0 Å². The van der Waals surface area contributed by atoms with E-state index in [4.69, 9.17) is 0 Å². The molecule has 8 rings (SSSR count). The van der Waals surface area contributed by atoms with Gasteiger partial charge in [0.15, 0.2) is 19.7 Å². The van der Waals surface area contributed by atoms with E-state index < -0.39 is 19.7 Å². The van der Waals surface area contributed by atoms with Gasteiger partial charge in [0.05, 0.1) is 9.79 Å². The number of aryl methyl sites for hydroxylation is 2. The number of amides is 2. The van der Waals surface area contributed by atoms with Gasteiger partial charge in [0.2, 0.25) is 0 Å². The molecule has 4 aromatic carbocycles. The molecule has 362 valence electrons. The van der Waals surface area contributed by atoms with Crippen molar-refractivity contribution in [2.75, 3.05) is 82.6 Å². The predicted octanol–water partition coefficient (Wildman–Crippen LogP) is 7.38. The van der Waals surface area contributed by atoms with Crippen LogP contribution in [0.4, 0.5) is 11.4 Å². The van der Waals surface area contributed by atoms with Crippen LogP contribution in [-0.2, 0) is 45.4 Å². The van der Waals surface area contributed by atoms with E-state index in [0.29, 0.717) is 23.2 Å². The number of likely N-dealkylation sites (N-methyl/N-ethyl adjacent to an activating group) is 2. The molecule has 2 fully saturated rings. The number of fused-ring (bicyclic) bond motifs is 2. The number of sulfone groups is 2. The summed E-state index contributed by atoms with van der Waals surface area (Å²) >= 11 is 0. The number of likely N-dealkylation sites (tertiary alicyclic amines) is 1. The molecule has 0 radical (unpaired) electrons. The van der Waals surface area contributed by atoms with Gasteiger partial charge in [-0.2, -0.15) is 0 Å². The fourth-order valence-corrected chi connectivity index (χ4v) is 11.7. The maximum absolute atomic E-state index is 12.7. The number of carbonyl (C=O) groups is 2. The predicted molar refractivity (Wildman–Crippen MR) is 270 cm³/mol. The standard InChI is InChI=1S/C27H37N3O3S.C26H35N3O3S/c1-4-30(19-20-13-15-29(2)16-14-20)25-10-6-21-5-9-24(17-23(21)18-25)28-27(31)22-7-11-26(12-8-22)34(3,32)33;1-3-29(18-19-12-14-27-15-13-19)24-9-5-20-4-8-23(16-22(20)17-24)28-26(30)21-6-10-25(11-7-21)33(2,31)32/h5,7-9,11-12,17,20,25H,4,6,10,13-16,18-19H2,1-3H3,(H,28,31);4,6-8,10-11,16,19,24,27H,3,5,9,12-15,17-18H2,1-2H3,(H,28,30). The summed E-state index contributed by atoms with van der Waals surface area (Å²) in [6.07, 6.45) is 14.0. The number of carbonyl (C=O) groups excluding carboxylic acids is 2. The lowest BCUT2D eigenvalue weighted by Crippen LogP contribution is -2.44. The second-order valence-electron chi connectivity index (χ2n) is 19.4. The molecule has 0 saturated carbocycles. The Labute approximate surface area is 400 Å². The summed E-state index contributed by atoms with van der Waals surface area (Å²) in [4.78, 5) is 33.6. The molecule has 2 saturated heterocycles. The minimum absolute atomic E-state index is 0.212. The smallest absolute Gasteiger partial charge is 0.255 e. The second kappa shape index (κ2) is 22.8. The Bertz CT molecular complexity index is 2540. The average Bonchev–Trinajstić information content (AvgIpc) is 3.32. The van der Waals surface area contributed by atoms with Crippen LogP contribution in [0.2, 0.25) is 0 Å². The van der Waals surface area contributed by atoms with Crippen LogP contribution in [0.15, 0.2) is 94.7 Å². The molecule has 2 aliphatic carbocycles. The first-order chi connectivity index (χ1) is 32.1. The number of hydrogen-bond acceptors (Lipinski definition) is 10. The summed E-state index contributed by atoms with van der Waals surface area (Å²) < 4.78 is 46.6. The zero-order valence-corrected chi connectivity index (χ0v) is 41.9. The molecular weight excluding hydrogens is 881 g/mol. The number of rotatable bonds is 14. The SMILES string of the molecule is CCN(CC1CCN(C)CC1)C1CCc2ccc(NC(=O)c3ccc(S(C)(=O)=O)cc3)cc2C1.CCN(CC1CCNCC1)C1CCc2ccc(NC(=O)c3ccc(S(C)(=O)=O)cc3)cc2C1. The maximum atomic E-state index is 12.7. The van der Waals surface area contributed by atoms with Crippen LogP contribution in [0.25, 0.3) is 0 Å². The number of benzene rings is 4. The van der Waals surface area contributed by atoms with Crippen LogP contribution in [0.1, 0.15) is 95.3 Å². The number of anilines is 2. The fraction of sp³-hybridized carbons (Fsp3) is 0.509. The average molecular weight is 953 g/mol. The molecule has 4 aliphatic rings. The van der Waals surface area contributed by atoms with Gasteiger partial charge in [0.25, 0.3) is 11.8 Å². The largest absolute Gasteiger partial charge is 0.322 e. The summed E-state index contributed by atoms with van der Waals surface area (Å²) in [5, 5.41) is 9.43. The summed E-state index contributed by atoms with van der Waals surface area (Å²) in [6.45, 7) is 13.7. The van der Waals surface area contributed by atoms with Gasteiger partial charge in [0.1, 0.15) is 0 Å². The molecule has 12 nitrogen and oxygen atoms in total. The van der Waals surface area contributed by atoms with Gasteiger partial charge in [-0.25, -0.2) is 16.8 Å². The Hall–Kier alpha value is -4.44. The lowest BCUT2D eigenvalue weighted by molar-refractivity contribution is 0.101. The molecule has 2 heterocycles. The first-order valence-electron chi connectivity index (χ1n) is 24.4. The van der Waals surface area contributed by atoms with Crippen LogP contribution < -0.4 is 16.0 Å². The van der Waals surface area contributed by atoms with E-state index in [-0.39, 0.29) is 21.6 Å². The summed E-state index contributed by atoms with van der Waals surface area (Å²) in [5.41, 5.74) is 7.85. The highest BCUT2D eigenvalue weighted by Gasteiger charge is 2.29. The van der Waals surface area contributed by atoms with Gasteiger partial charge in [-0.15, -0.1) is 0 Å². The Morgan fingerprint density at radius 1 is 0.582 bits per heavy atom. The van der Waals surface area contributed by atoms with Gasteiger partial charge in [-0.3, -0.25) is 9.59 Å². The van der Waals surface area contributed by atoms with E-state index in [9.17, 15) is 26.4 Å². The van der Waals surface area contributed by atoms with Crippen molar-refractivity contribution in [1.82, 2.24) is 20.0 Å². The molecule has 2 unspecified atom stereocenters. The van der Waals surface area contributed by atoms with Gasteiger partial charge >= 0.3 is 0 Å². The van der Waals surface area contributed by atoms with Crippen LogP contribution in [0, 0.1) is 11.8 Å². The Kier molecular flexibility index (Phi) is 17.1. The summed E-state index contributed by atoms with van der Waals surface area (Å²) in [6, 6.07) is 25.7. The molecule has 4 aromatic rings. The number of nitrogens with zero attached hydrogens (tertiary/aromatic N) is 3. The summed E-state index contributed by atoms with van der Waals surface area (Å²) in [7, 11) is -4.34. The van der Waals surface area contributed by atoms with E-state index in [2.05, 4.69) is 75.8 Å². The first kappa shape index (κ1) is 50.4. The molecule has 14 heteroatoms. The number of piperidine rings is 2. The minimum atomic E-state index is -3.28. The monoisotopic (exact) mass is 952 g/mol. The highest BCUT2D eigenvalue weighted by atomic mass is 32.2. The van der Waals surface area contributed by atoms with Crippen molar-refractivity contribution in [2.45, 2.75) is 99.9 Å². The molecule has 2 aliphatic heterocycles. The minimum Gasteiger partial charge on any atom is -0.322 e. The normalized spacial score (nSPS) is 19.5. The van der Waals surface area contributed by atoms with Crippen LogP contribution in [0.3, 0.4) is 0 Å². The highest BCUT2D eigenvalue weighted by Crippen LogP contribution is 2.31. The third-order valence-electron chi connectivity index (χ3n) is 14.5. The quantitative estimate of drug-likeness (QED) is 0.117. The molecule has 0 bridgehead atoms. The molecule has 0 aromatic heterocycles. The van der Waals surface area contributed by atoms with Gasteiger partial charge in [-0.05, 0) is 217 Å². The van der Waals surface area contributed by atoms with Gasteiger partial charge in [-0.1, -0.05) is 26.0 Å². The zero-order valence-electron chi connectivity index (χ0n) is 40.2. The van der Waals surface area contributed by atoms with Crippen molar-refractivity contribution >= 4 is 42.9 Å². The molecule has 2 atom stereocenters. The highest BCUT2D eigenvalue weighted by molar-refractivity contribution is 7.91. The number of nitrogens with one attached hydrogen (secondary N) is 3. The first-order valence-corrected chi connectivity index (χ1v) is 28.2. The van der Waals surface area contributed by atoms with Crippen molar-refractivity contribution in [3.8, 4) is 0 Å². The lowest BCUT2D eigenvalue weighted by atomic mass is 9.86. The molecule has 0 spiro atoms. The molecule has 67 heavy (non-hydrogen) atoms. The van der Waals surface area contributed by atoms with Crippen LogP contribution in [-0.4, -0.2) is 127 Å². The van der Waals surface area contributed by atoms with E-state index >= 15 is 0 Å². The van der Waals surface area contributed by atoms with E-state index in [1.54, 1.807) is 24.3 Å². The van der Waals surface area contributed by atoms with Crippen molar-refractivity contribution in [3.05, 3.63) is 118 Å². The van der Waals surface area contributed by atoms with E-state index in [1.165, 1.54) is 111 Å². The van der Waals surface area contributed by atoms with E-state index in [0.717, 1.165) is 87.6 Å². The molecule has 3 N–H and O–H groups in total. The zero-order chi connectivity index (χ0) is 47.7. The maximum Gasteiger partial charge on any atom is 0.255 e. The van der Waals surface area contributed by atoms with Crippen LogP contribution in [0.5, 0.6) is 0 Å². The Morgan fingerprint density at radius 2 is 0.985 bits per heavy atom. The Morgan fingerprint density at radius 3 is 1.37 bits per heavy atom. The van der Waals surface area contributed by atoms with Gasteiger partial charge in [0, 0.05) is 60.2 Å². The van der Waals surface area contributed by atoms with Crippen molar-refractivity contribution in [3.63, 3.8) is 0 Å². The third-order valence-corrected chi connectivity index (χ3v) is 16.8. The van der Waals surface area contributed by atoms with Crippen molar-refractivity contribution < 1.29 is 26.4 Å².